The molecule has 0 bridgehead atoms. The van der Waals surface area contributed by atoms with Gasteiger partial charge in [-0.15, -0.1) is 11.3 Å². The fourth-order valence-corrected chi connectivity index (χ4v) is 1.55. The van der Waals surface area contributed by atoms with Gasteiger partial charge in [0.2, 0.25) is 0 Å². The maximum atomic E-state index is 9.04. The molecule has 0 aliphatic carbocycles. The van der Waals surface area contributed by atoms with Crippen LogP contribution in [-0.4, -0.2) is 10.1 Å². The Morgan fingerprint density at radius 2 is 2.07 bits per heavy atom. The molecule has 14 heavy (non-hydrogen) atoms. The Balaban J connectivity index is 1.95. The van der Waals surface area contributed by atoms with Crippen LogP contribution in [0.3, 0.4) is 0 Å². The quantitative estimate of drug-likeness (QED) is 0.840. The number of aromatic nitrogens is 1. The Morgan fingerprint density at radius 1 is 1.29 bits per heavy atom. The van der Waals surface area contributed by atoms with Gasteiger partial charge in [0.15, 0.2) is 0 Å². The number of phenolic OH excluding ortho intramolecular Hbond substituents is 1. The van der Waals surface area contributed by atoms with Gasteiger partial charge in [0, 0.05) is 5.38 Å². The lowest BCUT2D eigenvalue weighted by atomic mass is 10.3. The first-order valence-electron chi connectivity index (χ1n) is 4.13. The molecule has 72 valence electrons. The monoisotopic (exact) mass is 207 g/mol. The van der Waals surface area contributed by atoms with E-state index in [9.17, 15) is 0 Å². The topological polar surface area (TPSA) is 42.4 Å². The zero-order chi connectivity index (χ0) is 9.80. The van der Waals surface area contributed by atoms with Gasteiger partial charge in [-0.2, -0.15) is 0 Å². The van der Waals surface area contributed by atoms with E-state index in [1.54, 1.807) is 41.1 Å². The fourth-order valence-electron chi connectivity index (χ4n) is 1.01. The van der Waals surface area contributed by atoms with E-state index >= 15 is 0 Å². The number of thiazole rings is 1. The molecule has 1 N–H and O–H groups in total. The van der Waals surface area contributed by atoms with Crippen molar-refractivity contribution in [1.82, 2.24) is 4.98 Å². The molecule has 4 heteroatoms. The second kappa shape index (κ2) is 4.11. The zero-order valence-electron chi connectivity index (χ0n) is 7.38. The van der Waals surface area contributed by atoms with Crippen molar-refractivity contribution in [1.29, 1.82) is 0 Å². The lowest BCUT2D eigenvalue weighted by Gasteiger charge is -2.03. The van der Waals surface area contributed by atoms with Crippen molar-refractivity contribution in [3.05, 3.63) is 40.8 Å². The average molecular weight is 207 g/mol. The van der Waals surface area contributed by atoms with E-state index in [0.717, 1.165) is 11.4 Å². The number of ether oxygens (including phenoxy) is 1. The number of phenols is 1. The minimum atomic E-state index is 0.242. The van der Waals surface area contributed by atoms with Crippen LogP contribution in [0, 0.1) is 0 Å². The van der Waals surface area contributed by atoms with Crippen LogP contribution in [0.4, 0.5) is 0 Å². The van der Waals surface area contributed by atoms with Crippen LogP contribution >= 0.6 is 11.3 Å². The summed E-state index contributed by atoms with van der Waals surface area (Å²) in [6, 6.07) is 6.64. The Hall–Kier alpha value is -1.55. The predicted octanol–water partition coefficient (Wildman–Crippen LogP) is 2.43. The SMILES string of the molecule is Oc1ccc(OCc2cscn2)cc1. The smallest absolute Gasteiger partial charge is 0.131 e. The number of nitrogens with zero attached hydrogens (tertiary/aromatic N) is 1. The normalized spacial score (nSPS) is 10.0. The lowest BCUT2D eigenvalue weighted by Crippen LogP contribution is -1.94. The van der Waals surface area contributed by atoms with Gasteiger partial charge in [0.1, 0.15) is 18.1 Å². The van der Waals surface area contributed by atoms with Gasteiger partial charge in [0.05, 0.1) is 11.2 Å². The first kappa shape index (κ1) is 9.02. The van der Waals surface area contributed by atoms with Crippen molar-refractivity contribution in [3.8, 4) is 11.5 Å². The highest BCUT2D eigenvalue weighted by Gasteiger charge is 1.97. The van der Waals surface area contributed by atoms with Gasteiger partial charge in [0.25, 0.3) is 0 Å². The molecule has 1 aromatic carbocycles. The van der Waals surface area contributed by atoms with Crippen LogP contribution in [0.1, 0.15) is 5.69 Å². The van der Waals surface area contributed by atoms with Crippen LogP contribution in [-0.2, 0) is 6.61 Å². The molecule has 0 fully saturated rings. The number of aromatic hydroxyl groups is 1. The fraction of sp³-hybridized carbons (Fsp3) is 0.100. The van der Waals surface area contributed by atoms with Gasteiger partial charge in [-0.05, 0) is 24.3 Å². The van der Waals surface area contributed by atoms with Crippen molar-refractivity contribution >= 4 is 11.3 Å². The molecule has 0 aliphatic rings. The summed E-state index contributed by atoms with van der Waals surface area (Å²) in [6.45, 7) is 0.467. The van der Waals surface area contributed by atoms with Crippen LogP contribution < -0.4 is 4.74 Å². The minimum Gasteiger partial charge on any atom is -0.508 e. The number of rotatable bonds is 3. The summed E-state index contributed by atoms with van der Waals surface area (Å²) >= 11 is 1.55. The average Bonchev–Trinajstić information content (AvgIpc) is 2.70. The standard InChI is InChI=1S/C10H9NO2S/c12-9-1-3-10(4-2-9)13-5-8-6-14-7-11-8/h1-4,6-7,12H,5H2. The molecule has 2 rings (SSSR count). The Kier molecular flexibility index (Phi) is 2.65. The minimum absolute atomic E-state index is 0.242. The molecule has 2 aromatic rings. The highest BCUT2D eigenvalue weighted by atomic mass is 32.1. The highest BCUT2D eigenvalue weighted by Crippen LogP contribution is 2.17. The van der Waals surface area contributed by atoms with Crippen molar-refractivity contribution in [2.24, 2.45) is 0 Å². The highest BCUT2D eigenvalue weighted by molar-refractivity contribution is 7.07. The third-order valence-electron chi connectivity index (χ3n) is 1.71. The summed E-state index contributed by atoms with van der Waals surface area (Å²) in [5, 5.41) is 11.0. The third kappa shape index (κ3) is 2.23. The van der Waals surface area contributed by atoms with E-state index in [1.807, 2.05) is 5.38 Å². The van der Waals surface area contributed by atoms with Gasteiger partial charge in [-0.3, -0.25) is 0 Å². The second-order valence-electron chi connectivity index (χ2n) is 2.76. The maximum absolute atomic E-state index is 9.04. The van der Waals surface area contributed by atoms with Gasteiger partial charge < -0.3 is 9.84 Å². The lowest BCUT2D eigenvalue weighted by molar-refractivity contribution is 0.301. The molecule has 0 saturated heterocycles. The molecule has 0 amide bonds. The molecule has 0 atom stereocenters. The first-order chi connectivity index (χ1) is 6.84. The predicted molar refractivity (Wildman–Crippen MR) is 54.6 cm³/mol. The summed E-state index contributed by atoms with van der Waals surface area (Å²) in [4.78, 5) is 4.09. The van der Waals surface area contributed by atoms with E-state index in [-0.39, 0.29) is 5.75 Å². The molecule has 0 radical (unpaired) electrons. The van der Waals surface area contributed by atoms with Gasteiger partial charge in [-0.25, -0.2) is 4.98 Å². The molecule has 0 saturated carbocycles. The maximum Gasteiger partial charge on any atom is 0.131 e. The van der Waals surface area contributed by atoms with Crippen LogP contribution in [0.15, 0.2) is 35.2 Å². The van der Waals surface area contributed by atoms with Gasteiger partial charge in [-0.1, -0.05) is 0 Å². The molecule has 0 spiro atoms. The largest absolute Gasteiger partial charge is 0.508 e. The van der Waals surface area contributed by atoms with E-state index in [1.165, 1.54) is 0 Å². The molecule has 1 aromatic heterocycles. The van der Waals surface area contributed by atoms with E-state index < -0.39 is 0 Å². The zero-order valence-corrected chi connectivity index (χ0v) is 8.20. The first-order valence-corrected chi connectivity index (χ1v) is 5.08. The summed E-state index contributed by atoms with van der Waals surface area (Å²) in [7, 11) is 0. The number of benzene rings is 1. The summed E-state index contributed by atoms with van der Waals surface area (Å²) in [5.74, 6) is 0.974. The van der Waals surface area contributed by atoms with Crippen LogP contribution in [0.25, 0.3) is 0 Å². The molecule has 1 heterocycles. The van der Waals surface area contributed by atoms with E-state index in [2.05, 4.69) is 4.98 Å². The Morgan fingerprint density at radius 3 is 2.71 bits per heavy atom. The summed E-state index contributed by atoms with van der Waals surface area (Å²) in [6.07, 6.45) is 0. The van der Waals surface area contributed by atoms with Crippen molar-refractivity contribution in [2.45, 2.75) is 6.61 Å². The van der Waals surface area contributed by atoms with E-state index in [0.29, 0.717) is 6.61 Å². The third-order valence-corrected chi connectivity index (χ3v) is 2.34. The molecule has 3 nitrogen and oxygen atoms in total. The second-order valence-corrected chi connectivity index (χ2v) is 3.48. The number of hydrogen-bond acceptors (Lipinski definition) is 4. The van der Waals surface area contributed by atoms with Crippen molar-refractivity contribution in [2.75, 3.05) is 0 Å². The van der Waals surface area contributed by atoms with Crippen LogP contribution in [0.5, 0.6) is 11.5 Å². The molecule has 0 unspecified atom stereocenters. The molecular formula is C10H9NO2S. The Labute approximate surface area is 85.6 Å². The van der Waals surface area contributed by atoms with Crippen molar-refractivity contribution < 1.29 is 9.84 Å². The molecule has 0 aliphatic heterocycles. The van der Waals surface area contributed by atoms with Crippen LogP contribution in [0.2, 0.25) is 0 Å². The Bertz CT molecular complexity index is 383. The summed E-state index contributed by atoms with van der Waals surface area (Å²) < 4.78 is 5.44. The van der Waals surface area contributed by atoms with Crippen molar-refractivity contribution in [3.63, 3.8) is 0 Å². The van der Waals surface area contributed by atoms with E-state index in [4.69, 9.17) is 9.84 Å². The summed E-state index contributed by atoms with van der Waals surface area (Å²) in [5.41, 5.74) is 2.69. The number of hydrogen-bond donors (Lipinski definition) is 1. The van der Waals surface area contributed by atoms with Gasteiger partial charge >= 0.3 is 0 Å². The molecular weight excluding hydrogens is 198 g/mol.